The highest BCUT2D eigenvalue weighted by Gasteiger charge is 2.30. The lowest BCUT2D eigenvalue weighted by molar-refractivity contribution is -0.134. The topological polar surface area (TPSA) is 105 Å². The molecule has 0 radical (unpaired) electrons. The van der Waals surface area contributed by atoms with Gasteiger partial charge in [0.1, 0.15) is 5.75 Å². The first-order chi connectivity index (χ1) is 13.7. The molecule has 9 nitrogen and oxygen atoms in total. The Bertz CT molecular complexity index is 834. The first kappa shape index (κ1) is 23.0. The monoisotopic (exact) mass is 427 g/mol. The third kappa shape index (κ3) is 5.83. The molecule has 1 aliphatic heterocycles. The normalized spacial score (nSPS) is 15.7. The molecule has 2 rings (SSSR count). The molecule has 1 atom stereocenters. The highest BCUT2D eigenvalue weighted by Crippen LogP contribution is 2.22. The molecule has 1 fully saturated rings. The lowest BCUT2D eigenvalue weighted by atomic mass is 10.2. The van der Waals surface area contributed by atoms with Crippen LogP contribution in [0.5, 0.6) is 5.75 Å². The average Bonchev–Trinajstić information content (AvgIpc) is 2.69. The summed E-state index contributed by atoms with van der Waals surface area (Å²) in [5, 5.41) is 0. The van der Waals surface area contributed by atoms with Crippen LogP contribution in [0.2, 0.25) is 0 Å². The number of sulfonamides is 1. The van der Waals surface area contributed by atoms with E-state index in [-0.39, 0.29) is 10.8 Å². The second-order valence-electron chi connectivity index (χ2n) is 6.71. The number of aryl methyl sites for hydroxylation is 1. The van der Waals surface area contributed by atoms with Crippen LogP contribution >= 0.6 is 0 Å². The van der Waals surface area contributed by atoms with Gasteiger partial charge in [0.05, 0.1) is 24.2 Å². The molecule has 1 N–H and O–H groups in total. The van der Waals surface area contributed by atoms with Crippen molar-refractivity contribution in [3.63, 3.8) is 0 Å². The molecule has 29 heavy (non-hydrogen) atoms. The lowest BCUT2D eigenvalue weighted by Gasteiger charge is -2.35. The van der Waals surface area contributed by atoms with E-state index < -0.39 is 22.2 Å². The quantitative estimate of drug-likeness (QED) is 0.704. The van der Waals surface area contributed by atoms with Crippen molar-refractivity contribution < 1.29 is 27.5 Å². The van der Waals surface area contributed by atoms with Gasteiger partial charge in [0.2, 0.25) is 15.9 Å². The van der Waals surface area contributed by atoms with Gasteiger partial charge in [-0.3, -0.25) is 4.79 Å². The molecule has 0 saturated carbocycles. The summed E-state index contributed by atoms with van der Waals surface area (Å²) in [6.45, 7) is 8.99. The Labute approximate surface area is 172 Å². The minimum absolute atomic E-state index is 0.0743. The molecular weight excluding hydrogens is 398 g/mol. The Morgan fingerprint density at radius 2 is 1.72 bits per heavy atom. The zero-order chi connectivity index (χ0) is 21.6. The van der Waals surface area contributed by atoms with E-state index >= 15 is 0 Å². The number of carbonyl (C=O) groups is 2. The molecule has 1 aromatic carbocycles. The number of rotatable bonds is 7. The molecule has 0 unspecified atom stereocenters. The summed E-state index contributed by atoms with van der Waals surface area (Å²) in [5.74, 6) is 0.287. The number of hydrogen-bond donors (Lipinski definition) is 1. The molecule has 1 aliphatic rings. The highest BCUT2D eigenvalue weighted by molar-refractivity contribution is 7.89. The van der Waals surface area contributed by atoms with Crippen LogP contribution in [0, 0.1) is 6.92 Å². The third-order valence-electron chi connectivity index (χ3n) is 4.58. The van der Waals surface area contributed by atoms with Crippen molar-refractivity contribution in [2.75, 3.05) is 39.4 Å². The van der Waals surface area contributed by atoms with Crippen LogP contribution in [0.3, 0.4) is 0 Å². The first-order valence-electron chi connectivity index (χ1n) is 9.65. The molecule has 2 amide bonds. The zero-order valence-electron chi connectivity index (χ0n) is 17.3. The minimum atomic E-state index is -3.87. The summed E-state index contributed by atoms with van der Waals surface area (Å²) in [6.07, 6.45) is -0.404. The van der Waals surface area contributed by atoms with Crippen LogP contribution in [-0.4, -0.2) is 75.7 Å². The SMILES string of the molecule is CCOC(=O)N1CCN(C(=O)[C@H](C)NS(=O)(=O)c2ccc(OCC)c(C)c2)CC1. The number of nitrogens with one attached hydrogen (secondary N) is 1. The molecule has 1 saturated heterocycles. The summed E-state index contributed by atoms with van der Waals surface area (Å²) in [6, 6.07) is 3.65. The number of hydrogen-bond acceptors (Lipinski definition) is 6. The van der Waals surface area contributed by atoms with Gasteiger partial charge in [-0.1, -0.05) is 0 Å². The summed E-state index contributed by atoms with van der Waals surface area (Å²) in [7, 11) is -3.87. The van der Waals surface area contributed by atoms with Crippen LogP contribution in [0.25, 0.3) is 0 Å². The smallest absolute Gasteiger partial charge is 0.409 e. The number of benzene rings is 1. The molecule has 0 aliphatic carbocycles. The molecular formula is C19H29N3O6S. The maximum atomic E-state index is 12.7. The standard InChI is InChI=1S/C19H29N3O6S/c1-5-27-17-8-7-16(13-14(17)3)29(25,26)20-15(4)18(23)21-9-11-22(12-10-21)19(24)28-6-2/h7-8,13,15,20H,5-6,9-12H2,1-4H3/t15-/m0/s1. The number of ether oxygens (including phenoxy) is 2. The van der Waals surface area contributed by atoms with Crippen molar-refractivity contribution >= 4 is 22.0 Å². The number of nitrogens with zero attached hydrogens (tertiary/aromatic N) is 2. The van der Waals surface area contributed by atoms with Crippen molar-refractivity contribution in [2.45, 2.75) is 38.6 Å². The maximum Gasteiger partial charge on any atom is 0.409 e. The van der Waals surface area contributed by atoms with Crippen molar-refractivity contribution in [3.8, 4) is 5.75 Å². The van der Waals surface area contributed by atoms with E-state index in [0.717, 1.165) is 0 Å². The predicted molar refractivity (Wildman–Crippen MR) is 107 cm³/mol. The van der Waals surface area contributed by atoms with Crippen LogP contribution in [0.15, 0.2) is 23.1 Å². The molecule has 10 heteroatoms. The summed E-state index contributed by atoms with van der Waals surface area (Å²) in [4.78, 5) is 27.6. The fourth-order valence-electron chi connectivity index (χ4n) is 3.06. The Balaban J connectivity index is 1.98. The third-order valence-corrected chi connectivity index (χ3v) is 6.11. The fraction of sp³-hybridized carbons (Fsp3) is 0.579. The van der Waals surface area contributed by atoms with E-state index in [1.54, 1.807) is 24.8 Å². The van der Waals surface area contributed by atoms with E-state index in [0.29, 0.717) is 50.7 Å². The zero-order valence-corrected chi connectivity index (χ0v) is 18.1. The molecule has 0 spiro atoms. The van der Waals surface area contributed by atoms with Gasteiger partial charge in [-0.15, -0.1) is 0 Å². The molecule has 0 aromatic heterocycles. The van der Waals surface area contributed by atoms with Gasteiger partial charge < -0.3 is 19.3 Å². The van der Waals surface area contributed by atoms with E-state index in [9.17, 15) is 18.0 Å². The van der Waals surface area contributed by atoms with Gasteiger partial charge in [-0.25, -0.2) is 13.2 Å². The Hall–Kier alpha value is -2.33. The van der Waals surface area contributed by atoms with Gasteiger partial charge in [0, 0.05) is 26.2 Å². The minimum Gasteiger partial charge on any atom is -0.494 e. The van der Waals surface area contributed by atoms with Crippen molar-refractivity contribution in [1.82, 2.24) is 14.5 Å². The predicted octanol–water partition coefficient (Wildman–Crippen LogP) is 1.36. The van der Waals surface area contributed by atoms with Gasteiger partial charge in [-0.2, -0.15) is 4.72 Å². The van der Waals surface area contributed by atoms with Crippen molar-refractivity contribution in [2.24, 2.45) is 0 Å². The average molecular weight is 428 g/mol. The second-order valence-corrected chi connectivity index (χ2v) is 8.43. The van der Waals surface area contributed by atoms with Crippen LogP contribution < -0.4 is 9.46 Å². The number of amides is 2. The molecule has 1 heterocycles. The van der Waals surface area contributed by atoms with Crippen LogP contribution in [0.1, 0.15) is 26.3 Å². The van der Waals surface area contributed by atoms with E-state index in [4.69, 9.17) is 9.47 Å². The number of piperazine rings is 1. The second kappa shape index (κ2) is 9.93. The largest absolute Gasteiger partial charge is 0.494 e. The van der Waals surface area contributed by atoms with E-state index in [1.165, 1.54) is 24.0 Å². The summed E-state index contributed by atoms with van der Waals surface area (Å²) in [5.41, 5.74) is 0.698. The fourth-order valence-corrected chi connectivity index (χ4v) is 4.34. The maximum absolute atomic E-state index is 12.7. The van der Waals surface area contributed by atoms with Crippen molar-refractivity contribution in [1.29, 1.82) is 0 Å². The molecule has 162 valence electrons. The Morgan fingerprint density at radius 1 is 1.10 bits per heavy atom. The molecule has 0 bridgehead atoms. The Kier molecular flexibility index (Phi) is 7.86. The number of carbonyl (C=O) groups excluding carboxylic acids is 2. The van der Waals surface area contributed by atoms with Gasteiger partial charge >= 0.3 is 6.09 Å². The van der Waals surface area contributed by atoms with Gasteiger partial charge in [-0.05, 0) is 51.5 Å². The van der Waals surface area contributed by atoms with E-state index in [1.807, 2.05) is 6.92 Å². The first-order valence-corrected chi connectivity index (χ1v) is 11.1. The summed E-state index contributed by atoms with van der Waals surface area (Å²) >= 11 is 0. The van der Waals surface area contributed by atoms with Crippen LogP contribution in [-0.2, 0) is 19.6 Å². The molecule has 1 aromatic rings. The van der Waals surface area contributed by atoms with Gasteiger partial charge in [0.15, 0.2) is 0 Å². The van der Waals surface area contributed by atoms with E-state index in [2.05, 4.69) is 4.72 Å². The summed E-state index contributed by atoms with van der Waals surface area (Å²) < 4.78 is 38.2. The van der Waals surface area contributed by atoms with Crippen LogP contribution in [0.4, 0.5) is 4.79 Å². The highest BCUT2D eigenvalue weighted by atomic mass is 32.2. The Morgan fingerprint density at radius 3 is 2.28 bits per heavy atom. The lowest BCUT2D eigenvalue weighted by Crippen LogP contribution is -2.55. The van der Waals surface area contributed by atoms with Crippen molar-refractivity contribution in [3.05, 3.63) is 23.8 Å². The van der Waals surface area contributed by atoms with Gasteiger partial charge in [0.25, 0.3) is 0 Å².